The maximum atomic E-state index is 12.2. The van der Waals surface area contributed by atoms with Crippen molar-refractivity contribution in [1.82, 2.24) is 0 Å². The second-order valence-electron chi connectivity index (χ2n) is 10.1. The van der Waals surface area contributed by atoms with E-state index in [1.807, 2.05) is 46.8 Å². The maximum Gasteiger partial charge on any atom is 0.338 e. The van der Waals surface area contributed by atoms with E-state index in [4.69, 9.17) is 24.7 Å². The number of aryl methyl sites for hydroxylation is 1. The Morgan fingerprint density at radius 3 is 1.47 bits per heavy atom. The molecule has 2 rings (SSSR count). The molecule has 0 aromatic heterocycles. The molecule has 186 valence electrons. The summed E-state index contributed by atoms with van der Waals surface area (Å²) >= 11 is 0. The molecule has 0 bridgehead atoms. The zero-order valence-corrected chi connectivity index (χ0v) is 20.9. The van der Waals surface area contributed by atoms with Crippen molar-refractivity contribution >= 4 is 17.6 Å². The van der Waals surface area contributed by atoms with Gasteiger partial charge < -0.3 is 24.7 Å². The van der Waals surface area contributed by atoms with E-state index in [0.29, 0.717) is 43.2 Å². The quantitative estimate of drug-likeness (QED) is 0.257. The molecule has 7 heteroatoms. The number of anilines is 1. The SMILES string of the molecule is Cc1ccc(C(=O)OCC(C)(C)COCCOCC(C)(C)COC(=O)c2ccc(N)cc2)cc1. The highest BCUT2D eigenvalue weighted by Crippen LogP contribution is 2.19. The highest BCUT2D eigenvalue weighted by atomic mass is 16.5. The number of benzene rings is 2. The van der Waals surface area contributed by atoms with E-state index in [9.17, 15) is 9.59 Å². The van der Waals surface area contributed by atoms with Crippen LogP contribution in [0.15, 0.2) is 48.5 Å². The lowest BCUT2D eigenvalue weighted by Gasteiger charge is -2.25. The summed E-state index contributed by atoms with van der Waals surface area (Å²) < 4.78 is 22.3. The summed E-state index contributed by atoms with van der Waals surface area (Å²) in [6, 6.07) is 13.9. The van der Waals surface area contributed by atoms with E-state index >= 15 is 0 Å². The van der Waals surface area contributed by atoms with Crippen molar-refractivity contribution < 1.29 is 28.5 Å². The first-order chi connectivity index (χ1) is 16.0. The van der Waals surface area contributed by atoms with Gasteiger partial charge in [0.25, 0.3) is 0 Å². The summed E-state index contributed by atoms with van der Waals surface area (Å²) in [4.78, 5) is 24.3. The van der Waals surface area contributed by atoms with Gasteiger partial charge >= 0.3 is 11.9 Å². The first-order valence-corrected chi connectivity index (χ1v) is 11.4. The van der Waals surface area contributed by atoms with Gasteiger partial charge in [0.2, 0.25) is 0 Å². The Labute approximate surface area is 202 Å². The molecule has 0 heterocycles. The highest BCUT2D eigenvalue weighted by Gasteiger charge is 2.23. The molecule has 34 heavy (non-hydrogen) atoms. The van der Waals surface area contributed by atoms with Crippen LogP contribution in [0.3, 0.4) is 0 Å². The topological polar surface area (TPSA) is 97.1 Å². The van der Waals surface area contributed by atoms with E-state index in [0.717, 1.165) is 5.56 Å². The molecular formula is C27H37NO6. The third kappa shape index (κ3) is 9.93. The summed E-state index contributed by atoms with van der Waals surface area (Å²) in [5.74, 6) is -0.725. The number of hydrogen-bond donors (Lipinski definition) is 1. The van der Waals surface area contributed by atoms with Gasteiger partial charge in [-0.1, -0.05) is 45.4 Å². The molecule has 0 radical (unpaired) electrons. The predicted octanol–water partition coefficient (Wildman–Crippen LogP) is 4.68. The average molecular weight is 472 g/mol. The minimum absolute atomic E-state index is 0.233. The smallest absolute Gasteiger partial charge is 0.338 e. The summed E-state index contributed by atoms with van der Waals surface area (Å²) in [5.41, 5.74) is 7.67. The van der Waals surface area contributed by atoms with Crippen LogP contribution in [0.1, 0.15) is 54.0 Å². The summed E-state index contributed by atoms with van der Waals surface area (Å²) in [7, 11) is 0. The molecule has 0 saturated carbocycles. The van der Waals surface area contributed by atoms with Crippen LogP contribution in [0.25, 0.3) is 0 Å². The summed E-state index contributed by atoms with van der Waals surface area (Å²) in [6.07, 6.45) is 0. The van der Waals surface area contributed by atoms with Crippen molar-refractivity contribution in [3.63, 3.8) is 0 Å². The van der Waals surface area contributed by atoms with E-state index in [-0.39, 0.29) is 36.0 Å². The van der Waals surface area contributed by atoms with E-state index in [2.05, 4.69) is 0 Å². The third-order valence-electron chi connectivity index (χ3n) is 4.98. The average Bonchev–Trinajstić information content (AvgIpc) is 2.79. The molecule has 0 unspecified atom stereocenters. The molecule has 0 atom stereocenters. The molecule has 2 N–H and O–H groups in total. The van der Waals surface area contributed by atoms with Gasteiger partial charge in [-0.3, -0.25) is 0 Å². The Balaban J connectivity index is 1.60. The van der Waals surface area contributed by atoms with Crippen LogP contribution in [-0.4, -0.2) is 51.6 Å². The Bertz CT molecular complexity index is 842. The van der Waals surface area contributed by atoms with Crippen LogP contribution in [0.4, 0.5) is 5.69 Å². The van der Waals surface area contributed by atoms with Crippen LogP contribution < -0.4 is 5.73 Å². The second kappa shape index (κ2) is 12.5. The van der Waals surface area contributed by atoms with E-state index in [1.165, 1.54) is 0 Å². The minimum Gasteiger partial charge on any atom is -0.461 e. The Morgan fingerprint density at radius 2 is 1.06 bits per heavy atom. The second-order valence-corrected chi connectivity index (χ2v) is 10.1. The Kier molecular flexibility index (Phi) is 10.1. The molecule has 0 aliphatic heterocycles. The van der Waals surface area contributed by atoms with Crippen molar-refractivity contribution in [1.29, 1.82) is 0 Å². The van der Waals surface area contributed by atoms with Crippen LogP contribution in [0.2, 0.25) is 0 Å². The molecule has 2 aromatic carbocycles. The van der Waals surface area contributed by atoms with Gasteiger partial charge in [0, 0.05) is 16.5 Å². The molecule has 0 amide bonds. The minimum atomic E-state index is -0.387. The summed E-state index contributed by atoms with van der Waals surface area (Å²) in [6.45, 7) is 12.0. The number of esters is 2. The molecule has 0 aliphatic carbocycles. The number of carbonyl (C=O) groups excluding carboxylic acids is 2. The number of nitrogens with two attached hydrogens (primary N) is 1. The number of carbonyl (C=O) groups is 2. The van der Waals surface area contributed by atoms with Crippen molar-refractivity contribution in [3.05, 3.63) is 65.2 Å². The number of hydrogen-bond acceptors (Lipinski definition) is 7. The normalized spacial score (nSPS) is 11.8. The van der Waals surface area contributed by atoms with Crippen LogP contribution in [0, 0.1) is 17.8 Å². The first kappa shape index (κ1) is 27.3. The third-order valence-corrected chi connectivity index (χ3v) is 4.98. The van der Waals surface area contributed by atoms with E-state index < -0.39 is 0 Å². The van der Waals surface area contributed by atoms with Gasteiger partial charge in [0.1, 0.15) is 0 Å². The number of nitrogen functional groups attached to an aromatic ring is 1. The lowest BCUT2D eigenvalue weighted by Crippen LogP contribution is -2.29. The molecule has 7 nitrogen and oxygen atoms in total. The zero-order chi connectivity index (χ0) is 25.2. The standard InChI is InChI=1S/C27H37NO6/c1-20-6-8-21(9-7-20)24(29)33-18-26(2,3)16-31-14-15-32-17-27(4,5)19-34-25(30)22-10-12-23(28)13-11-22/h6-13H,14-19,28H2,1-5H3. The van der Waals surface area contributed by atoms with Crippen molar-refractivity contribution in [2.75, 3.05) is 45.4 Å². The lowest BCUT2D eigenvalue weighted by molar-refractivity contribution is -0.0337. The predicted molar refractivity (Wildman–Crippen MR) is 132 cm³/mol. The fourth-order valence-electron chi connectivity index (χ4n) is 2.90. The first-order valence-electron chi connectivity index (χ1n) is 11.4. The van der Waals surface area contributed by atoms with Crippen molar-refractivity contribution in [2.45, 2.75) is 34.6 Å². The maximum absolute atomic E-state index is 12.2. The van der Waals surface area contributed by atoms with Gasteiger partial charge in [-0.15, -0.1) is 0 Å². The molecule has 0 saturated heterocycles. The molecule has 0 aliphatic rings. The Hall–Kier alpha value is -2.90. The fourth-order valence-corrected chi connectivity index (χ4v) is 2.90. The number of rotatable bonds is 13. The van der Waals surface area contributed by atoms with Gasteiger partial charge in [-0.25, -0.2) is 9.59 Å². The fraction of sp³-hybridized carbons (Fsp3) is 0.481. The molecule has 2 aromatic rings. The highest BCUT2D eigenvalue weighted by molar-refractivity contribution is 5.90. The molecular weight excluding hydrogens is 434 g/mol. The molecule has 0 spiro atoms. The van der Waals surface area contributed by atoms with Gasteiger partial charge in [-0.2, -0.15) is 0 Å². The van der Waals surface area contributed by atoms with Crippen molar-refractivity contribution in [2.24, 2.45) is 10.8 Å². The van der Waals surface area contributed by atoms with Crippen LogP contribution >= 0.6 is 0 Å². The Morgan fingerprint density at radius 1 is 0.676 bits per heavy atom. The number of ether oxygens (including phenoxy) is 4. The van der Waals surface area contributed by atoms with E-state index in [1.54, 1.807) is 36.4 Å². The molecule has 0 fully saturated rings. The van der Waals surface area contributed by atoms with Gasteiger partial charge in [0.15, 0.2) is 0 Å². The van der Waals surface area contributed by atoms with Crippen molar-refractivity contribution in [3.8, 4) is 0 Å². The monoisotopic (exact) mass is 471 g/mol. The summed E-state index contributed by atoms with van der Waals surface area (Å²) in [5, 5.41) is 0. The largest absolute Gasteiger partial charge is 0.461 e. The van der Waals surface area contributed by atoms with Gasteiger partial charge in [0.05, 0.1) is 50.8 Å². The zero-order valence-electron chi connectivity index (χ0n) is 20.9. The lowest BCUT2D eigenvalue weighted by atomic mass is 9.96. The van der Waals surface area contributed by atoms with Crippen LogP contribution in [0.5, 0.6) is 0 Å². The van der Waals surface area contributed by atoms with Crippen LogP contribution in [-0.2, 0) is 18.9 Å². The van der Waals surface area contributed by atoms with Gasteiger partial charge in [-0.05, 0) is 43.3 Å².